The summed E-state index contributed by atoms with van der Waals surface area (Å²) in [4.78, 5) is 15.0. The Bertz CT molecular complexity index is 527. The van der Waals surface area contributed by atoms with Gasteiger partial charge >= 0.3 is 0 Å². The summed E-state index contributed by atoms with van der Waals surface area (Å²) >= 11 is 0. The first-order valence-electron chi connectivity index (χ1n) is 6.12. The Labute approximate surface area is 113 Å². The van der Waals surface area contributed by atoms with E-state index in [2.05, 4.69) is 21.0 Å². The summed E-state index contributed by atoms with van der Waals surface area (Å²) in [6.07, 6.45) is 3.62. The summed E-state index contributed by atoms with van der Waals surface area (Å²) in [5.41, 5.74) is 2.18. The predicted molar refractivity (Wildman–Crippen MR) is 73.8 cm³/mol. The van der Waals surface area contributed by atoms with E-state index < -0.39 is 0 Å². The number of hydrogen-bond donors (Lipinski definition) is 0. The molecule has 0 aliphatic carbocycles. The molecular formula is C14H18N4O. The van der Waals surface area contributed by atoms with Crippen molar-refractivity contribution in [2.45, 2.75) is 20.1 Å². The Balaban J connectivity index is 2.08. The van der Waals surface area contributed by atoms with Crippen LogP contribution in [-0.4, -0.2) is 29.1 Å². The predicted octanol–water partition coefficient (Wildman–Crippen LogP) is 1.96. The van der Waals surface area contributed by atoms with Gasteiger partial charge in [0.15, 0.2) is 5.82 Å². The van der Waals surface area contributed by atoms with E-state index in [1.165, 1.54) is 0 Å². The van der Waals surface area contributed by atoms with Crippen LogP contribution < -0.4 is 4.90 Å². The summed E-state index contributed by atoms with van der Waals surface area (Å²) in [7, 11) is 3.62. The SMILES string of the molecule is COCc1nccc(N(C)Cc2ccc(C)cn2)n1. The van der Waals surface area contributed by atoms with Crippen LogP contribution >= 0.6 is 0 Å². The topological polar surface area (TPSA) is 51.1 Å². The summed E-state index contributed by atoms with van der Waals surface area (Å²) in [5.74, 6) is 1.55. The lowest BCUT2D eigenvalue weighted by Gasteiger charge is -2.18. The van der Waals surface area contributed by atoms with E-state index >= 15 is 0 Å². The maximum atomic E-state index is 5.04. The Hall–Kier alpha value is -2.01. The van der Waals surface area contributed by atoms with Crippen LogP contribution in [-0.2, 0) is 17.9 Å². The molecule has 100 valence electrons. The smallest absolute Gasteiger partial charge is 0.156 e. The van der Waals surface area contributed by atoms with Crippen molar-refractivity contribution in [3.63, 3.8) is 0 Å². The molecule has 2 aromatic rings. The minimum absolute atomic E-state index is 0.421. The van der Waals surface area contributed by atoms with E-state index in [0.717, 1.165) is 17.1 Å². The Morgan fingerprint density at radius 1 is 1.21 bits per heavy atom. The van der Waals surface area contributed by atoms with Gasteiger partial charge in [0.1, 0.15) is 12.4 Å². The van der Waals surface area contributed by atoms with Crippen LogP contribution in [0, 0.1) is 6.92 Å². The number of pyridine rings is 1. The maximum absolute atomic E-state index is 5.04. The Morgan fingerprint density at radius 2 is 2.05 bits per heavy atom. The second kappa shape index (κ2) is 6.24. The van der Waals surface area contributed by atoms with Gasteiger partial charge in [0.25, 0.3) is 0 Å². The van der Waals surface area contributed by atoms with Gasteiger partial charge in [0.05, 0.1) is 12.2 Å². The zero-order valence-electron chi connectivity index (χ0n) is 11.5. The number of anilines is 1. The zero-order chi connectivity index (χ0) is 13.7. The first-order valence-corrected chi connectivity index (χ1v) is 6.12. The van der Waals surface area contributed by atoms with E-state index in [0.29, 0.717) is 19.0 Å². The van der Waals surface area contributed by atoms with Gasteiger partial charge < -0.3 is 9.64 Å². The molecule has 0 bridgehead atoms. The number of methoxy groups -OCH3 is 1. The maximum Gasteiger partial charge on any atom is 0.156 e. The highest BCUT2D eigenvalue weighted by atomic mass is 16.5. The molecule has 0 atom stereocenters. The fourth-order valence-electron chi connectivity index (χ4n) is 1.72. The summed E-state index contributed by atoms with van der Waals surface area (Å²) < 4.78 is 5.04. The molecule has 2 rings (SSSR count). The van der Waals surface area contributed by atoms with Crippen molar-refractivity contribution < 1.29 is 4.74 Å². The highest BCUT2D eigenvalue weighted by Gasteiger charge is 2.06. The second-order valence-electron chi connectivity index (χ2n) is 4.45. The Kier molecular flexibility index (Phi) is 4.41. The molecule has 0 saturated heterocycles. The molecule has 2 aromatic heterocycles. The first-order chi connectivity index (χ1) is 9.19. The lowest BCUT2D eigenvalue weighted by molar-refractivity contribution is 0.178. The summed E-state index contributed by atoms with van der Waals surface area (Å²) in [6.45, 7) is 3.16. The van der Waals surface area contributed by atoms with Crippen molar-refractivity contribution >= 4 is 5.82 Å². The number of aromatic nitrogens is 3. The molecule has 5 heteroatoms. The van der Waals surface area contributed by atoms with E-state index in [1.807, 2.05) is 37.2 Å². The van der Waals surface area contributed by atoms with Gasteiger partial charge in [-0.05, 0) is 24.6 Å². The van der Waals surface area contributed by atoms with Gasteiger partial charge in [-0.25, -0.2) is 9.97 Å². The third-order valence-corrected chi connectivity index (χ3v) is 2.73. The summed E-state index contributed by atoms with van der Waals surface area (Å²) in [5, 5.41) is 0. The molecule has 0 aliphatic rings. The van der Waals surface area contributed by atoms with Crippen molar-refractivity contribution in [1.29, 1.82) is 0 Å². The normalized spacial score (nSPS) is 10.5. The zero-order valence-corrected chi connectivity index (χ0v) is 11.5. The van der Waals surface area contributed by atoms with E-state index in [9.17, 15) is 0 Å². The minimum Gasteiger partial charge on any atom is -0.377 e. The number of hydrogen-bond acceptors (Lipinski definition) is 5. The van der Waals surface area contributed by atoms with Crippen LogP contribution in [0.2, 0.25) is 0 Å². The van der Waals surface area contributed by atoms with Gasteiger partial charge in [-0.1, -0.05) is 6.07 Å². The number of aryl methyl sites for hydroxylation is 1. The van der Waals surface area contributed by atoms with Crippen LogP contribution in [0.15, 0.2) is 30.6 Å². The third-order valence-electron chi connectivity index (χ3n) is 2.73. The molecule has 2 heterocycles. The van der Waals surface area contributed by atoms with E-state index in [-0.39, 0.29) is 0 Å². The highest BCUT2D eigenvalue weighted by molar-refractivity contribution is 5.36. The van der Waals surface area contributed by atoms with Gasteiger partial charge in [0.2, 0.25) is 0 Å². The molecule has 0 N–H and O–H groups in total. The van der Waals surface area contributed by atoms with Crippen molar-refractivity contribution in [3.8, 4) is 0 Å². The van der Waals surface area contributed by atoms with Crippen molar-refractivity contribution in [3.05, 3.63) is 47.7 Å². The molecule has 5 nitrogen and oxygen atoms in total. The quantitative estimate of drug-likeness (QED) is 0.820. The van der Waals surface area contributed by atoms with Gasteiger partial charge in [0, 0.05) is 26.6 Å². The Morgan fingerprint density at radius 3 is 2.74 bits per heavy atom. The molecule has 0 spiro atoms. The molecule has 0 amide bonds. The van der Waals surface area contributed by atoms with Crippen LogP contribution in [0.1, 0.15) is 17.1 Å². The average molecular weight is 258 g/mol. The average Bonchev–Trinajstić information content (AvgIpc) is 2.42. The number of nitrogens with zero attached hydrogens (tertiary/aromatic N) is 4. The van der Waals surface area contributed by atoms with E-state index in [1.54, 1.807) is 13.3 Å². The van der Waals surface area contributed by atoms with Gasteiger partial charge in [-0.15, -0.1) is 0 Å². The fourth-order valence-corrected chi connectivity index (χ4v) is 1.72. The molecule has 0 unspecified atom stereocenters. The number of rotatable bonds is 5. The van der Waals surface area contributed by atoms with Crippen molar-refractivity contribution in [2.24, 2.45) is 0 Å². The number of ether oxygens (including phenoxy) is 1. The van der Waals surface area contributed by atoms with Crippen molar-refractivity contribution in [1.82, 2.24) is 15.0 Å². The lowest BCUT2D eigenvalue weighted by atomic mass is 10.2. The molecule has 19 heavy (non-hydrogen) atoms. The fraction of sp³-hybridized carbons (Fsp3) is 0.357. The lowest BCUT2D eigenvalue weighted by Crippen LogP contribution is -2.19. The highest BCUT2D eigenvalue weighted by Crippen LogP contribution is 2.11. The minimum atomic E-state index is 0.421. The largest absolute Gasteiger partial charge is 0.377 e. The monoisotopic (exact) mass is 258 g/mol. The van der Waals surface area contributed by atoms with Crippen LogP contribution in [0.25, 0.3) is 0 Å². The molecule has 0 radical (unpaired) electrons. The van der Waals surface area contributed by atoms with E-state index in [4.69, 9.17) is 4.74 Å². The standard InChI is InChI=1S/C14H18N4O/c1-11-4-5-12(16-8-11)9-18(2)14-6-7-15-13(17-14)10-19-3/h4-8H,9-10H2,1-3H3. The van der Waals surface area contributed by atoms with Crippen LogP contribution in [0.3, 0.4) is 0 Å². The molecule has 0 saturated carbocycles. The van der Waals surface area contributed by atoms with Crippen LogP contribution in [0.4, 0.5) is 5.82 Å². The van der Waals surface area contributed by atoms with Crippen LogP contribution in [0.5, 0.6) is 0 Å². The first kappa shape index (κ1) is 13.4. The molecule has 0 fully saturated rings. The molecule has 0 aromatic carbocycles. The van der Waals surface area contributed by atoms with Gasteiger partial charge in [-0.2, -0.15) is 0 Å². The second-order valence-corrected chi connectivity index (χ2v) is 4.45. The third kappa shape index (κ3) is 3.72. The summed E-state index contributed by atoms with van der Waals surface area (Å²) in [6, 6.07) is 5.98. The molecular weight excluding hydrogens is 240 g/mol. The molecule has 0 aliphatic heterocycles. The van der Waals surface area contributed by atoms with Gasteiger partial charge in [-0.3, -0.25) is 4.98 Å². The van der Waals surface area contributed by atoms with Crippen molar-refractivity contribution in [2.75, 3.05) is 19.1 Å².